The second-order valence-electron chi connectivity index (χ2n) is 7.53. The van der Waals surface area contributed by atoms with Gasteiger partial charge in [-0.25, -0.2) is 12.8 Å². The normalized spacial score (nSPS) is 11.1. The van der Waals surface area contributed by atoms with Gasteiger partial charge in [-0.05, 0) is 65.7 Å². The standard InChI is InChI=1S/C26H21FN2O4S/c1-29(34(32,33)23-14-11-21(27)12-15-23)24-17-22(13-16-25(24)30)28-26(31)20-9-7-19(8-10-20)18-5-3-2-4-6-18/h2-17,30H,1H3,(H,28,31). The predicted molar refractivity (Wildman–Crippen MR) is 130 cm³/mol. The summed E-state index contributed by atoms with van der Waals surface area (Å²) in [5.41, 5.74) is 2.67. The summed E-state index contributed by atoms with van der Waals surface area (Å²) in [5, 5.41) is 13.0. The van der Waals surface area contributed by atoms with Crippen LogP contribution in [-0.2, 0) is 10.0 Å². The van der Waals surface area contributed by atoms with Gasteiger partial charge in [0.05, 0.1) is 10.6 Å². The highest BCUT2D eigenvalue weighted by Crippen LogP contribution is 2.33. The van der Waals surface area contributed by atoms with Crippen LogP contribution in [0.4, 0.5) is 15.8 Å². The second kappa shape index (κ2) is 9.36. The Morgan fingerprint density at radius 1 is 0.853 bits per heavy atom. The zero-order valence-corrected chi connectivity index (χ0v) is 19.0. The molecule has 0 aliphatic carbocycles. The van der Waals surface area contributed by atoms with Crippen molar-refractivity contribution in [2.75, 3.05) is 16.7 Å². The minimum Gasteiger partial charge on any atom is -0.506 e. The molecule has 0 heterocycles. The third kappa shape index (κ3) is 4.77. The van der Waals surface area contributed by atoms with E-state index < -0.39 is 15.8 Å². The van der Waals surface area contributed by atoms with E-state index >= 15 is 0 Å². The topological polar surface area (TPSA) is 86.7 Å². The summed E-state index contributed by atoms with van der Waals surface area (Å²) >= 11 is 0. The van der Waals surface area contributed by atoms with Crippen LogP contribution in [0.3, 0.4) is 0 Å². The first-order chi connectivity index (χ1) is 16.3. The SMILES string of the molecule is CN(c1cc(NC(=O)c2ccc(-c3ccccc3)cc2)ccc1O)S(=O)(=O)c1ccc(F)cc1. The number of halogens is 1. The molecule has 0 fully saturated rings. The number of sulfonamides is 1. The van der Waals surface area contributed by atoms with Crippen LogP contribution in [-0.4, -0.2) is 26.5 Å². The molecule has 0 saturated carbocycles. The maximum Gasteiger partial charge on any atom is 0.264 e. The van der Waals surface area contributed by atoms with Gasteiger partial charge in [-0.15, -0.1) is 0 Å². The fourth-order valence-electron chi connectivity index (χ4n) is 3.40. The summed E-state index contributed by atoms with van der Waals surface area (Å²) in [6.45, 7) is 0. The van der Waals surface area contributed by atoms with E-state index in [2.05, 4.69) is 5.32 Å². The molecule has 34 heavy (non-hydrogen) atoms. The first kappa shape index (κ1) is 23.0. The molecule has 4 aromatic rings. The fraction of sp³-hybridized carbons (Fsp3) is 0.0385. The number of hydrogen-bond donors (Lipinski definition) is 2. The zero-order valence-electron chi connectivity index (χ0n) is 18.1. The van der Waals surface area contributed by atoms with Crippen LogP contribution < -0.4 is 9.62 Å². The first-order valence-corrected chi connectivity index (χ1v) is 11.7. The van der Waals surface area contributed by atoms with Crippen molar-refractivity contribution in [2.45, 2.75) is 4.90 Å². The third-order valence-corrected chi connectivity index (χ3v) is 7.08. The molecule has 0 aliphatic heterocycles. The number of hydrogen-bond acceptors (Lipinski definition) is 4. The lowest BCUT2D eigenvalue weighted by Gasteiger charge is -2.21. The Hall–Kier alpha value is -4.17. The Balaban J connectivity index is 1.55. The number of benzene rings is 4. The molecular weight excluding hydrogens is 455 g/mol. The van der Waals surface area contributed by atoms with Crippen LogP contribution in [0.2, 0.25) is 0 Å². The monoisotopic (exact) mass is 476 g/mol. The summed E-state index contributed by atoms with van der Waals surface area (Å²) in [4.78, 5) is 12.6. The quantitative estimate of drug-likeness (QED) is 0.371. The van der Waals surface area contributed by atoms with Crippen molar-refractivity contribution >= 4 is 27.3 Å². The summed E-state index contributed by atoms with van der Waals surface area (Å²) in [6.07, 6.45) is 0. The fourth-order valence-corrected chi connectivity index (χ4v) is 4.60. The van der Waals surface area contributed by atoms with Crippen molar-refractivity contribution in [1.29, 1.82) is 0 Å². The first-order valence-electron chi connectivity index (χ1n) is 10.3. The van der Waals surface area contributed by atoms with E-state index in [0.717, 1.165) is 39.7 Å². The molecule has 0 spiro atoms. The van der Waals surface area contributed by atoms with E-state index in [1.807, 2.05) is 42.5 Å². The van der Waals surface area contributed by atoms with Gasteiger partial charge in [0, 0.05) is 18.3 Å². The van der Waals surface area contributed by atoms with E-state index in [1.165, 1.54) is 25.2 Å². The van der Waals surface area contributed by atoms with Crippen LogP contribution >= 0.6 is 0 Å². The highest BCUT2D eigenvalue weighted by molar-refractivity contribution is 7.92. The second-order valence-corrected chi connectivity index (χ2v) is 9.50. The smallest absolute Gasteiger partial charge is 0.264 e. The maximum absolute atomic E-state index is 13.2. The number of anilines is 2. The van der Waals surface area contributed by atoms with Crippen LogP contribution in [0.15, 0.2) is 102 Å². The van der Waals surface area contributed by atoms with E-state index in [4.69, 9.17) is 0 Å². The molecule has 0 saturated heterocycles. The highest BCUT2D eigenvalue weighted by Gasteiger charge is 2.24. The van der Waals surface area contributed by atoms with Gasteiger partial charge in [0.1, 0.15) is 11.6 Å². The number of rotatable bonds is 6. The summed E-state index contributed by atoms with van der Waals surface area (Å²) in [5.74, 6) is -1.25. The molecule has 0 atom stereocenters. The molecule has 0 aromatic heterocycles. The molecule has 0 aliphatic rings. The lowest BCUT2D eigenvalue weighted by atomic mass is 10.0. The van der Waals surface area contributed by atoms with Gasteiger partial charge in [0.15, 0.2) is 0 Å². The molecule has 172 valence electrons. The number of nitrogens with one attached hydrogen (secondary N) is 1. The minimum atomic E-state index is -4.07. The van der Waals surface area contributed by atoms with Crippen LogP contribution in [0, 0.1) is 5.82 Å². The van der Waals surface area contributed by atoms with Crippen molar-refractivity contribution < 1.29 is 22.7 Å². The van der Waals surface area contributed by atoms with Crippen molar-refractivity contribution in [2.24, 2.45) is 0 Å². The van der Waals surface area contributed by atoms with Gasteiger partial charge in [0.25, 0.3) is 15.9 Å². The van der Waals surface area contributed by atoms with E-state index in [-0.39, 0.29) is 22.2 Å². The average Bonchev–Trinajstić information content (AvgIpc) is 2.85. The van der Waals surface area contributed by atoms with E-state index in [0.29, 0.717) is 11.3 Å². The molecule has 0 bridgehead atoms. The highest BCUT2D eigenvalue weighted by atomic mass is 32.2. The van der Waals surface area contributed by atoms with Gasteiger partial charge in [-0.1, -0.05) is 42.5 Å². The van der Waals surface area contributed by atoms with Crippen molar-refractivity contribution in [3.05, 3.63) is 108 Å². The van der Waals surface area contributed by atoms with Gasteiger partial charge in [-0.2, -0.15) is 0 Å². The lowest BCUT2D eigenvalue weighted by molar-refractivity contribution is 0.102. The molecule has 6 nitrogen and oxygen atoms in total. The number of phenols is 1. The Kier molecular flexibility index (Phi) is 6.34. The number of phenolic OH excluding ortho intramolecular Hbond substituents is 1. The maximum atomic E-state index is 13.2. The lowest BCUT2D eigenvalue weighted by Crippen LogP contribution is -2.26. The van der Waals surface area contributed by atoms with Crippen molar-refractivity contribution in [3.63, 3.8) is 0 Å². The Bertz CT molecular complexity index is 1420. The Morgan fingerprint density at radius 2 is 1.47 bits per heavy atom. The summed E-state index contributed by atoms with van der Waals surface area (Å²) in [6, 6.07) is 25.3. The van der Waals surface area contributed by atoms with Crippen LogP contribution in [0.1, 0.15) is 10.4 Å². The van der Waals surface area contributed by atoms with E-state index in [1.54, 1.807) is 12.1 Å². The number of nitrogens with zero attached hydrogens (tertiary/aromatic N) is 1. The Morgan fingerprint density at radius 3 is 2.12 bits per heavy atom. The van der Waals surface area contributed by atoms with Gasteiger partial charge >= 0.3 is 0 Å². The molecule has 0 radical (unpaired) electrons. The van der Waals surface area contributed by atoms with Gasteiger partial charge < -0.3 is 10.4 Å². The third-order valence-electron chi connectivity index (χ3n) is 5.30. The van der Waals surface area contributed by atoms with Crippen LogP contribution in [0.25, 0.3) is 11.1 Å². The average molecular weight is 477 g/mol. The molecular formula is C26H21FN2O4S. The largest absolute Gasteiger partial charge is 0.506 e. The molecule has 4 rings (SSSR count). The number of carbonyl (C=O) groups excluding carboxylic acids is 1. The molecule has 0 unspecified atom stereocenters. The minimum absolute atomic E-state index is 0.0402. The molecule has 1 amide bonds. The number of carbonyl (C=O) groups is 1. The summed E-state index contributed by atoms with van der Waals surface area (Å²) in [7, 11) is -2.80. The zero-order chi connectivity index (χ0) is 24.3. The molecule has 4 aromatic carbocycles. The van der Waals surface area contributed by atoms with Crippen LogP contribution in [0.5, 0.6) is 5.75 Å². The van der Waals surface area contributed by atoms with E-state index in [9.17, 15) is 22.7 Å². The summed E-state index contributed by atoms with van der Waals surface area (Å²) < 4.78 is 39.9. The van der Waals surface area contributed by atoms with Gasteiger partial charge in [-0.3, -0.25) is 9.10 Å². The van der Waals surface area contributed by atoms with Crippen molar-refractivity contribution in [3.8, 4) is 16.9 Å². The molecule has 8 heteroatoms. The predicted octanol–water partition coefficient (Wildman–Crippen LogP) is 5.28. The Labute approximate surface area is 197 Å². The molecule has 2 N–H and O–H groups in total. The van der Waals surface area contributed by atoms with Crippen molar-refractivity contribution in [1.82, 2.24) is 0 Å². The number of amides is 1. The van der Waals surface area contributed by atoms with Gasteiger partial charge in [0.2, 0.25) is 0 Å². The number of aromatic hydroxyl groups is 1.